The summed E-state index contributed by atoms with van der Waals surface area (Å²) in [5, 5.41) is 11.1. The Morgan fingerprint density at radius 1 is 1.04 bits per heavy atom. The fourth-order valence-corrected chi connectivity index (χ4v) is 3.36. The van der Waals surface area contributed by atoms with Crippen molar-refractivity contribution in [1.82, 2.24) is 9.97 Å². The summed E-state index contributed by atoms with van der Waals surface area (Å²) in [6.45, 7) is -0.435. The molecule has 0 fully saturated rings. The second-order valence-electron chi connectivity index (χ2n) is 5.65. The average Bonchev–Trinajstić information content (AvgIpc) is 3.15. The molecule has 2 heterocycles. The molecule has 0 saturated carbocycles. The van der Waals surface area contributed by atoms with Gasteiger partial charge >= 0.3 is 5.97 Å². The molecule has 25 heavy (non-hydrogen) atoms. The van der Waals surface area contributed by atoms with Gasteiger partial charge in [-0.1, -0.05) is 33.6 Å². The van der Waals surface area contributed by atoms with E-state index < -0.39 is 12.6 Å². The molecule has 0 amide bonds. The van der Waals surface area contributed by atoms with Gasteiger partial charge in [-0.3, -0.25) is 0 Å². The number of aromatic amines is 2. The van der Waals surface area contributed by atoms with Crippen molar-refractivity contribution in [3.63, 3.8) is 0 Å². The van der Waals surface area contributed by atoms with Gasteiger partial charge in [0.05, 0.1) is 16.4 Å². The predicted octanol–water partition coefficient (Wildman–Crippen LogP) is 5.20. The van der Waals surface area contributed by atoms with E-state index in [1.165, 1.54) is 0 Å². The zero-order chi connectivity index (χ0) is 17.6. The predicted molar refractivity (Wildman–Crippen MR) is 101 cm³/mol. The Bertz CT molecular complexity index is 1120. The summed E-state index contributed by atoms with van der Waals surface area (Å²) in [6.07, 6.45) is 0. The summed E-state index contributed by atoms with van der Waals surface area (Å²) in [5.74, 6) is -0.710. The normalized spacial score (nSPS) is 11.3. The molecule has 126 valence electrons. The summed E-state index contributed by atoms with van der Waals surface area (Å²) < 4.78 is 6.23. The second-order valence-corrected chi connectivity index (χ2v) is 6.97. The fraction of sp³-hybridized carbons (Fsp3) is 0.0556. The molecular weight excluding hydrogens is 408 g/mol. The van der Waals surface area contributed by atoms with E-state index in [1.54, 1.807) is 12.1 Å². The van der Waals surface area contributed by atoms with Crippen LogP contribution in [-0.4, -0.2) is 27.7 Å². The van der Waals surface area contributed by atoms with Crippen molar-refractivity contribution in [3.8, 4) is 17.1 Å². The maximum Gasteiger partial charge on any atom is 0.341 e. The van der Waals surface area contributed by atoms with Crippen LogP contribution in [0.5, 0.6) is 5.75 Å². The molecule has 0 aliphatic heterocycles. The average molecular weight is 420 g/mol. The standard InChI is InChI=1S/C18H12BrClN2O3/c19-11-2-1-9-4-15(21-13(9)6-11)16-5-10-3-12(20)17(7-14(10)22-16)25-8-18(23)24/h1-7,21-22H,8H2,(H,23,24). The van der Waals surface area contributed by atoms with Crippen molar-refractivity contribution in [1.29, 1.82) is 0 Å². The van der Waals surface area contributed by atoms with Crippen molar-refractivity contribution >= 4 is 55.3 Å². The SMILES string of the molecule is O=C(O)COc1cc2[nH]c(-c3cc4ccc(Br)cc4[nH]3)cc2cc1Cl. The lowest BCUT2D eigenvalue weighted by Crippen LogP contribution is -2.09. The highest BCUT2D eigenvalue weighted by molar-refractivity contribution is 9.10. The lowest BCUT2D eigenvalue weighted by molar-refractivity contribution is -0.139. The number of rotatable bonds is 4. The molecule has 0 bridgehead atoms. The van der Waals surface area contributed by atoms with Crippen molar-refractivity contribution < 1.29 is 14.6 Å². The number of fused-ring (bicyclic) bond motifs is 2. The van der Waals surface area contributed by atoms with Crippen LogP contribution in [-0.2, 0) is 4.79 Å². The van der Waals surface area contributed by atoms with E-state index in [1.807, 2.05) is 24.3 Å². The molecule has 4 aromatic rings. The number of hydrogen-bond donors (Lipinski definition) is 3. The zero-order valence-corrected chi connectivity index (χ0v) is 15.1. The van der Waals surface area contributed by atoms with Crippen LogP contribution < -0.4 is 4.74 Å². The third kappa shape index (κ3) is 3.10. The number of carbonyl (C=O) groups is 1. The van der Waals surface area contributed by atoms with Crippen molar-refractivity contribution in [2.75, 3.05) is 6.61 Å². The second kappa shape index (κ2) is 6.13. The minimum atomic E-state index is -1.05. The third-order valence-corrected chi connectivity index (χ3v) is 4.69. The maximum absolute atomic E-state index is 10.7. The minimum absolute atomic E-state index is 0.338. The number of benzene rings is 2. The molecule has 2 aromatic carbocycles. The van der Waals surface area contributed by atoms with E-state index in [0.717, 1.165) is 37.7 Å². The van der Waals surface area contributed by atoms with Crippen LogP contribution >= 0.6 is 27.5 Å². The highest BCUT2D eigenvalue weighted by atomic mass is 79.9. The number of aromatic nitrogens is 2. The first kappa shape index (κ1) is 16.1. The summed E-state index contributed by atoms with van der Waals surface area (Å²) in [4.78, 5) is 17.4. The number of ether oxygens (including phenoxy) is 1. The number of aliphatic carboxylic acids is 1. The molecule has 2 aromatic heterocycles. The molecule has 0 unspecified atom stereocenters. The Balaban J connectivity index is 1.75. The Labute approximate surface area is 155 Å². The molecule has 0 atom stereocenters. The molecule has 0 aliphatic rings. The molecule has 0 saturated heterocycles. The zero-order valence-electron chi connectivity index (χ0n) is 12.8. The van der Waals surface area contributed by atoms with Gasteiger partial charge in [0.1, 0.15) is 5.75 Å². The molecule has 4 rings (SSSR count). The molecule has 7 heteroatoms. The highest BCUT2D eigenvalue weighted by Crippen LogP contribution is 2.33. The smallest absolute Gasteiger partial charge is 0.341 e. The molecule has 0 aliphatic carbocycles. The number of hydrogen-bond acceptors (Lipinski definition) is 2. The first-order valence-corrected chi connectivity index (χ1v) is 8.62. The lowest BCUT2D eigenvalue weighted by Gasteiger charge is -2.05. The van der Waals surface area contributed by atoms with Gasteiger partial charge in [-0.25, -0.2) is 4.79 Å². The molecule has 0 radical (unpaired) electrons. The highest BCUT2D eigenvalue weighted by Gasteiger charge is 2.11. The Morgan fingerprint density at radius 3 is 2.44 bits per heavy atom. The van der Waals surface area contributed by atoms with E-state index in [9.17, 15) is 4.79 Å². The van der Waals surface area contributed by atoms with Crippen LogP contribution in [0.3, 0.4) is 0 Å². The van der Waals surface area contributed by atoms with Crippen LogP contribution in [0.4, 0.5) is 0 Å². The molecule has 3 N–H and O–H groups in total. The van der Waals surface area contributed by atoms with Crippen LogP contribution in [0.1, 0.15) is 0 Å². The summed E-state index contributed by atoms with van der Waals surface area (Å²) >= 11 is 9.65. The Hall–Kier alpha value is -2.44. The van der Waals surface area contributed by atoms with Gasteiger partial charge in [0.2, 0.25) is 0 Å². The van der Waals surface area contributed by atoms with Gasteiger partial charge in [0.15, 0.2) is 6.61 Å². The maximum atomic E-state index is 10.7. The van der Waals surface area contributed by atoms with E-state index >= 15 is 0 Å². The number of carboxylic acids is 1. The summed E-state index contributed by atoms with van der Waals surface area (Å²) in [5.41, 5.74) is 3.72. The number of halogens is 2. The number of carboxylic acid groups (broad SMARTS) is 1. The van der Waals surface area contributed by atoms with E-state index in [2.05, 4.69) is 32.0 Å². The van der Waals surface area contributed by atoms with E-state index in [0.29, 0.717) is 10.8 Å². The summed E-state index contributed by atoms with van der Waals surface area (Å²) in [6, 6.07) is 13.6. The molecule has 5 nitrogen and oxygen atoms in total. The van der Waals surface area contributed by atoms with Gasteiger partial charge in [-0.2, -0.15) is 0 Å². The first-order chi connectivity index (χ1) is 12.0. The summed E-state index contributed by atoms with van der Waals surface area (Å²) in [7, 11) is 0. The number of H-pyrrole nitrogens is 2. The number of nitrogens with one attached hydrogen (secondary N) is 2. The van der Waals surface area contributed by atoms with E-state index in [-0.39, 0.29) is 0 Å². The van der Waals surface area contributed by atoms with Crippen molar-refractivity contribution in [2.24, 2.45) is 0 Å². The Kier molecular flexibility index (Phi) is 3.94. The lowest BCUT2D eigenvalue weighted by atomic mass is 10.2. The molecular formula is C18H12BrClN2O3. The monoisotopic (exact) mass is 418 g/mol. The quantitative estimate of drug-likeness (QED) is 0.426. The van der Waals surface area contributed by atoms with Crippen LogP contribution in [0.2, 0.25) is 5.02 Å². The minimum Gasteiger partial charge on any atom is -0.480 e. The van der Waals surface area contributed by atoms with Crippen molar-refractivity contribution in [2.45, 2.75) is 0 Å². The van der Waals surface area contributed by atoms with Gasteiger partial charge < -0.3 is 19.8 Å². The van der Waals surface area contributed by atoms with Gasteiger partial charge in [0, 0.05) is 32.3 Å². The molecule has 0 spiro atoms. The van der Waals surface area contributed by atoms with E-state index in [4.69, 9.17) is 21.4 Å². The van der Waals surface area contributed by atoms with Gasteiger partial charge in [0.25, 0.3) is 0 Å². The van der Waals surface area contributed by atoms with Crippen LogP contribution in [0.25, 0.3) is 33.2 Å². The topological polar surface area (TPSA) is 78.1 Å². The van der Waals surface area contributed by atoms with Crippen LogP contribution in [0.15, 0.2) is 46.9 Å². The van der Waals surface area contributed by atoms with Crippen molar-refractivity contribution in [3.05, 3.63) is 52.0 Å². The third-order valence-electron chi connectivity index (χ3n) is 3.90. The van der Waals surface area contributed by atoms with Gasteiger partial charge in [-0.05, 0) is 30.3 Å². The fourth-order valence-electron chi connectivity index (χ4n) is 2.77. The van der Waals surface area contributed by atoms with Gasteiger partial charge in [-0.15, -0.1) is 0 Å². The largest absolute Gasteiger partial charge is 0.480 e. The Morgan fingerprint density at radius 2 is 1.72 bits per heavy atom. The van der Waals surface area contributed by atoms with Crippen LogP contribution in [0, 0.1) is 0 Å². The first-order valence-electron chi connectivity index (χ1n) is 7.45.